The van der Waals surface area contributed by atoms with Crippen LogP contribution in [0.15, 0.2) is 30.7 Å². The zero-order valence-electron chi connectivity index (χ0n) is 18.2. The number of rotatable bonds is 8. The summed E-state index contributed by atoms with van der Waals surface area (Å²) >= 11 is 5.95. The summed E-state index contributed by atoms with van der Waals surface area (Å²) < 4.78 is 6.98. The highest BCUT2D eigenvalue weighted by atomic mass is 35.5. The molecule has 0 fully saturated rings. The van der Waals surface area contributed by atoms with E-state index in [9.17, 15) is 4.79 Å². The molecular weight excluding hydrogens is 432 g/mol. The third kappa shape index (κ3) is 4.81. The summed E-state index contributed by atoms with van der Waals surface area (Å²) in [7, 11) is 3.49. The largest absolute Gasteiger partial charge is 0.385 e. The van der Waals surface area contributed by atoms with Crippen LogP contribution >= 0.6 is 11.6 Å². The van der Waals surface area contributed by atoms with Crippen molar-refractivity contribution in [1.29, 1.82) is 0 Å². The summed E-state index contributed by atoms with van der Waals surface area (Å²) in [4.78, 5) is 27.5. The highest BCUT2D eigenvalue weighted by Crippen LogP contribution is 2.33. The number of carbonyl (C=O) groups excluding carboxylic acids is 1. The Bertz CT molecular complexity index is 1120. The van der Waals surface area contributed by atoms with E-state index < -0.39 is 0 Å². The molecule has 0 bridgehead atoms. The van der Waals surface area contributed by atoms with E-state index in [4.69, 9.17) is 16.3 Å². The van der Waals surface area contributed by atoms with Crippen molar-refractivity contribution in [3.63, 3.8) is 0 Å². The summed E-state index contributed by atoms with van der Waals surface area (Å²) in [5, 5.41) is 11.1. The Balaban J connectivity index is 1.45. The second kappa shape index (κ2) is 9.49. The van der Waals surface area contributed by atoms with Gasteiger partial charge < -0.3 is 20.3 Å². The van der Waals surface area contributed by atoms with Crippen LogP contribution in [0.25, 0.3) is 0 Å². The topological polar surface area (TPSA) is 110 Å². The Morgan fingerprint density at radius 3 is 2.94 bits per heavy atom. The molecule has 1 unspecified atom stereocenters. The summed E-state index contributed by atoms with van der Waals surface area (Å²) in [6.07, 6.45) is 6.01. The average Bonchev–Trinajstić information content (AvgIpc) is 3.20. The number of carbonyl (C=O) groups is 1. The number of anilines is 3. The molecule has 0 spiro atoms. The van der Waals surface area contributed by atoms with Gasteiger partial charge >= 0.3 is 0 Å². The number of pyridine rings is 1. The number of nitrogens with zero attached hydrogens (tertiary/aromatic N) is 6. The summed E-state index contributed by atoms with van der Waals surface area (Å²) in [6.45, 7) is 3.46. The minimum atomic E-state index is -0.343. The van der Waals surface area contributed by atoms with Crippen LogP contribution in [0, 0.1) is 6.92 Å². The number of ether oxygens (including phenoxy) is 1. The fourth-order valence-corrected chi connectivity index (χ4v) is 3.81. The van der Waals surface area contributed by atoms with Crippen LogP contribution in [0.5, 0.6) is 0 Å². The number of halogens is 1. The number of nitrogens with one attached hydrogen (secondary N) is 2. The van der Waals surface area contributed by atoms with Gasteiger partial charge in [0.15, 0.2) is 5.82 Å². The second-order valence-electron chi connectivity index (χ2n) is 7.62. The van der Waals surface area contributed by atoms with E-state index in [0.29, 0.717) is 54.4 Å². The van der Waals surface area contributed by atoms with Gasteiger partial charge in [0.2, 0.25) is 11.9 Å². The lowest BCUT2D eigenvalue weighted by molar-refractivity contribution is -0.118. The van der Waals surface area contributed by atoms with E-state index in [0.717, 1.165) is 11.1 Å². The van der Waals surface area contributed by atoms with Crippen LogP contribution in [-0.2, 0) is 22.6 Å². The van der Waals surface area contributed by atoms with Crippen LogP contribution in [0.3, 0.4) is 0 Å². The van der Waals surface area contributed by atoms with Crippen molar-refractivity contribution in [3.8, 4) is 0 Å². The first-order valence-electron chi connectivity index (χ1n) is 10.2. The maximum Gasteiger partial charge on any atom is 0.247 e. The molecule has 0 aromatic carbocycles. The van der Waals surface area contributed by atoms with Gasteiger partial charge in [0.1, 0.15) is 16.9 Å². The number of hydrogen-bond donors (Lipinski definition) is 2. The van der Waals surface area contributed by atoms with Gasteiger partial charge in [0.05, 0.1) is 18.4 Å². The Hall–Kier alpha value is -3.24. The molecule has 1 amide bonds. The van der Waals surface area contributed by atoms with Gasteiger partial charge in [-0.2, -0.15) is 10.1 Å². The highest BCUT2D eigenvalue weighted by molar-refractivity contribution is 6.29. The van der Waals surface area contributed by atoms with Crippen molar-refractivity contribution in [2.24, 2.45) is 0 Å². The van der Waals surface area contributed by atoms with E-state index >= 15 is 0 Å². The molecule has 4 heterocycles. The van der Waals surface area contributed by atoms with Gasteiger partial charge in [-0.25, -0.2) is 9.97 Å². The molecule has 1 atom stereocenters. The Morgan fingerprint density at radius 1 is 1.31 bits per heavy atom. The summed E-state index contributed by atoms with van der Waals surface area (Å²) in [6, 6.07) is 3.38. The van der Waals surface area contributed by atoms with Gasteiger partial charge in [-0.05, 0) is 24.6 Å². The first-order valence-corrected chi connectivity index (χ1v) is 10.6. The van der Waals surface area contributed by atoms with Crippen molar-refractivity contribution < 1.29 is 9.53 Å². The van der Waals surface area contributed by atoms with Crippen LogP contribution in [0.4, 0.5) is 17.5 Å². The quantitative estimate of drug-likeness (QED) is 0.497. The van der Waals surface area contributed by atoms with Crippen LogP contribution in [-0.4, -0.2) is 57.4 Å². The minimum Gasteiger partial charge on any atom is -0.385 e. The monoisotopic (exact) mass is 456 g/mol. The molecule has 1 aliphatic heterocycles. The Kier molecular flexibility index (Phi) is 6.52. The van der Waals surface area contributed by atoms with Crippen LogP contribution in [0.2, 0.25) is 5.15 Å². The van der Waals surface area contributed by atoms with E-state index in [1.165, 1.54) is 0 Å². The first-order chi connectivity index (χ1) is 15.4. The standard InChI is InChI=1S/C21H25ClN8O2/c1-13-18-19(29(2)16(5-7-32-3)20(31)27-18)28-21(26-13)24-9-15-10-25-30(12-15)11-14-4-6-23-17(22)8-14/h4,6,8,10,12,16H,5,7,9,11H2,1-3H3,(H,27,31)(H,24,26,28). The van der Waals surface area contributed by atoms with Gasteiger partial charge in [-0.3, -0.25) is 9.48 Å². The van der Waals surface area contributed by atoms with Gasteiger partial charge in [0.25, 0.3) is 0 Å². The molecule has 0 aliphatic carbocycles. The number of aromatic nitrogens is 5. The predicted octanol–water partition coefficient (Wildman–Crippen LogP) is 2.48. The van der Waals surface area contributed by atoms with Crippen molar-refractivity contribution in [1.82, 2.24) is 24.7 Å². The normalized spacial score (nSPS) is 15.4. The van der Waals surface area contributed by atoms with Crippen LogP contribution in [0.1, 0.15) is 23.2 Å². The smallest absolute Gasteiger partial charge is 0.247 e. The molecule has 168 valence electrons. The van der Waals surface area contributed by atoms with E-state index in [2.05, 4.69) is 30.7 Å². The predicted molar refractivity (Wildman–Crippen MR) is 122 cm³/mol. The van der Waals surface area contributed by atoms with Gasteiger partial charge in [-0.15, -0.1) is 0 Å². The second-order valence-corrected chi connectivity index (χ2v) is 8.00. The molecule has 4 rings (SSSR count). The number of fused-ring (bicyclic) bond motifs is 1. The average molecular weight is 457 g/mol. The van der Waals surface area contributed by atoms with Crippen molar-refractivity contribution in [2.75, 3.05) is 36.3 Å². The number of methoxy groups -OCH3 is 1. The fraction of sp³-hybridized carbons (Fsp3) is 0.381. The fourth-order valence-electron chi connectivity index (χ4n) is 3.62. The molecule has 0 saturated carbocycles. The van der Waals surface area contributed by atoms with E-state index in [1.54, 1.807) is 19.5 Å². The van der Waals surface area contributed by atoms with E-state index in [-0.39, 0.29) is 11.9 Å². The van der Waals surface area contributed by atoms with Gasteiger partial charge in [0, 0.05) is 51.7 Å². The van der Waals surface area contributed by atoms with Crippen molar-refractivity contribution >= 4 is 35.0 Å². The van der Waals surface area contributed by atoms with Crippen LogP contribution < -0.4 is 15.5 Å². The molecule has 0 radical (unpaired) electrons. The van der Waals surface area contributed by atoms with E-state index in [1.807, 2.05) is 41.9 Å². The lowest BCUT2D eigenvalue weighted by atomic mass is 10.1. The molecular formula is C21H25ClN8O2. The number of amides is 1. The SMILES string of the molecule is COCCC1C(=O)Nc2c(C)nc(NCc3cnn(Cc4ccnc(Cl)c4)c3)nc2N1C. The third-order valence-corrected chi connectivity index (χ3v) is 5.50. The molecule has 10 nitrogen and oxygen atoms in total. The molecule has 32 heavy (non-hydrogen) atoms. The van der Waals surface area contributed by atoms with Crippen molar-refractivity contribution in [2.45, 2.75) is 32.5 Å². The number of likely N-dealkylation sites (N-methyl/N-ethyl adjacent to an activating group) is 1. The molecule has 2 N–H and O–H groups in total. The minimum absolute atomic E-state index is 0.0765. The number of hydrogen-bond acceptors (Lipinski definition) is 8. The highest BCUT2D eigenvalue weighted by Gasteiger charge is 2.33. The molecule has 1 aliphatic rings. The van der Waals surface area contributed by atoms with Gasteiger partial charge in [-0.1, -0.05) is 11.6 Å². The maximum atomic E-state index is 12.5. The Labute approximate surface area is 191 Å². The zero-order valence-corrected chi connectivity index (χ0v) is 18.9. The first kappa shape index (κ1) is 22.0. The molecule has 0 saturated heterocycles. The van der Waals surface area contributed by atoms with Crippen molar-refractivity contribution in [3.05, 3.63) is 52.7 Å². The summed E-state index contributed by atoms with van der Waals surface area (Å²) in [5.74, 6) is 1.10. The lowest BCUT2D eigenvalue weighted by Gasteiger charge is -2.34. The Morgan fingerprint density at radius 2 is 2.16 bits per heavy atom. The molecule has 3 aromatic rings. The molecule has 3 aromatic heterocycles. The maximum absolute atomic E-state index is 12.5. The third-order valence-electron chi connectivity index (χ3n) is 5.29. The summed E-state index contributed by atoms with van der Waals surface area (Å²) in [5.41, 5.74) is 3.35. The molecule has 11 heteroatoms. The lowest BCUT2D eigenvalue weighted by Crippen LogP contribution is -2.47. The zero-order chi connectivity index (χ0) is 22.7. The number of aryl methyl sites for hydroxylation is 1.